The summed E-state index contributed by atoms with van der Waals surface area (Å²) in [5.74, 6) is 0. The molecule has 0 radical (unpaired) electrons. The average Bonchev–Trinajstić information content (AvgIpc) is 2.88. The highest BCUT2D eigenvalue weighted by atomic mass is 35.5. The zero-order valence-electron chi connectivity index (χ0n) is 9.52. The van der Waals surface area contributed by atoms with E-state index in [1.165, 1.54) is 4.88 Å². The van der Waals surface area contributed by atoms with E-state index in [0.29, 0.717) is 6.54 Å². The lowest BCUT2D eigenvalue weighted by atomic mass is 10.4. The first-order chi connectivity index (χ1) is 8.17. The Kier molecular flexibility index (Phi) is 4.53. The summed E-state index contributed by atoms with van der Waals surface area (Å²) < 4.78 is 0.840. The fourth-order valence-electron chi connectivity index (χ4n) is 1.55. The van der Waals surface area contributed by atoms with Gasteiger partial charge >= 0.3 is 0 Å². The molecule has 92 valence electrons. The number of halogens is 1. The highest BCUT2D eigenvalue weighted by molar-refractivity contribution is 7.16. The van der Waals surface area contributed by atoms with Crippen LogP contribution in [0.25, 0.3) is 0 Å². The summed E-state index contributed by atoms with van der Waals surface area (Å²) in [5, 5.41) is 3.06. The predicted octanol–water partition coefficient (Wildman–Crippen LogP) is 2.95. The standard InChI is InChI=1S/C11H14ClN3S2/c1-15(6-9-2-3-10(12)17-9)5-8-7-16-11(4-13)14-8/h2-3,7H,4-6,13H2,1H3. The number of hydrogen-bond donors (Lipinski definition) is 1. The van der Waals surface area contributed by atoms with Crippen LogP contribution in [0.15, 0.2) is 17.5 Å². The third-order valence-electron chi connectivity index (χ3n) is 2.26. The highest BCUT2D eigenvalue weighted by Crippen LogP contribution is 2.22. The van der Waals surface area contributed by atoms with Crippen LogP contribution in [0.4, 0.5) is 0 Å². The zero-order valence-corrected chi connectivity index (χ0v) is 11.9. The molecule has 0 aliphatic carbocycles. The number of thiophene rings is 1. The molecule has 6 heteroatoms. The average molecular weight is 288 g/mol. The normalized spacial score (nSPS) is 11.3. The van der Waals surface area contributed by atoms with E-state index in [9.17, 15) is 0 Å². The number of nitrogens with zero attached hydrogens (tertiary/aromatic N) is 2. The molecule has 0 aromatic carbocycles. The van der Waals surface area contributed by atoms with E-state index in [1.807, 2.05) is 6.07 Å². The molecule has 17 heavy (non-hydrogen) atoms. The summed E-state index contributed by atoms with van der Waals surface area (Å²) in [4.78, 5) is 7.93. The van der Waals surface area contributed by atoms with Gasteiger partial charge in [-0.15, -0.1) is 22.7 Å². The topological polar surface area (TPSA) is 42.1 Å². The number of aromatic nitrogens is 1. The first-order valence-electron chi connectivity index (χ1n) is 5.23. The fraction of sp³-hybridized carbons (Fsp3) is 0.364. The maximum atomic E-state index is 5.90. The van der Waals surface area contributed by atoms with Gasteiger partial charge in [0.15, 0.2) is 0 Å². The first kappa shape index (κ1) is 13.0. The minimum absolute atomic E-state index is 0.523. The zero-order chi connectivity index (χ0) is 12.3. The summed E-state index contributed by atoms with van der Waals surface area (Å²) in [6, 6.07) is 4.00. The molecule has 3 nitrogen and oxygen atoms in total. The Hall–Kier alpha value is -0.460. The maximum absolute atomic E-state index is 5.90. The molecule has 2 N–H and O–H groups in total. The first-order valence-corrected chi connectivity index (χ1v) is 7.31. The Morgan fingerprint density at radius 1 is 1.41 bits per heavy atom. The van der Waals surface area contributed by atoms with Crippen molar-refractivity contribution in [1.82, 2.24) is 9.88 Å². The fourth-order valence-corrected chi connectivity index (χ4v) is 3.38. The number of nitrogens with two attached hydrogens (primary N) is 1. The molecule has 0 atom stereocenters. The lowest BCUT2D eigenvalue weighted by Crippen LogP contribution is -2.16. The van der Waals surface area contributed by atoms with Gasteiger partial charge in [0, 0.05) is 29.9 Å². The van der Waals surface area contributed by atoms with Gasteiger partial charge in [0.05, 0.1) is 10.0 Å². The Balaban J connectivity index is 1.90. The molecule has 2 rings (SSSR count). The van der Waals surface area contributed by atoms with E-state index < -0.39 is 0 Å². The molecule has 2 aromatic rings. The molecule has 0 saturated heterocycles. The molecule has 0 aliphatic heterocycles. The van der Waals surface area contributed by atoms with Crippen LogP contribution in [0.2, 0.25) is 4.34 Å². The predicted molar refractivity (Wildman–Crippen MR) is 74.5 cm³/mol. The van der Waals surface area contributed by atoms with E-state index in [4.69, 9.17) is 17.3 Å². The van der Waals surface area contributed by atoms with Crippen molar-refractivity contribution >= 4 is 34.3 Å². The van der Waals surface area contributed by atoms with Crippen LogP contribution in [0.3, 0.4) is 0 Å². The van der Waals surface area contributed by atoms with Crippen molar-refractivity contribution in [2.75, 3.05) is 7.05 Å². The van der Waals surface area contributed by atoms with Crippen LogP contribution in [0.1, 0.15) is 15.6 Å². The Bertz CT molecular complexity index is 481. The smallest absolute Gasteiger partial charge is 0.106 e. The van der Waals surface area contributed by atoms with Crippen LogP contribution in [0, 0.1) is 0 Å². The third kappa shape index (κ3) is 3.76. The minimum Gasteiger partial charge on any atom is -0.325 e. The monoisotopic (exact) mass is 287 g/mol. The molecular weight excluding hydrogens is 274 g/mol. The van der Waals surface area contributed by atoms with E-state index >= 15 is 0 Å². The second kappa shape index (κ2) is 5.93. The van der Waals surface area contributed by atoms with Crippen LogP contribution >= 0.6 is 34.3 Å². The second-order valence-electron chi connectivity index (χ2n) is 3.81. The van der Waals surface area contributed by atoms with Crippen LogP contribution in [-0.4, -0.2) is 16.9 Å². The van der Waals surface area contributed by atoms with Crippen molar-refractivity contribution in [2.45, 2.75) is 19.6 Å². The molecule has 2 heterocycles. The molecule has 0 unspecified atom stereocenters. The summed E-state index contributed by atoms with van der Waals surface area (Å²) in [5.41, 5.74) is 6.63. The lowest BCUT2D eigenvalue weighted by Gasteiger charge is -2.13. The minimum atomic E-state index is 0.523. The Morgan fingerprint density at radius 2 is 2.24 bits per heavy atom. The van der Waals surface area contributed by atoms with E-state index in [-0.39, 0.29) is 0 Å². The van der Waals surface area contributed by atoms with Crippen molar-refractivity contribution in [1.29, 1.82) is 0 Å². The number of thiazole rings is 1. The summed E-state index contributed by atoms with van der Waals surface area (Å²) in [7, 11) is 2.08. The Morgan fingerprint density at radius 3 is 2.82 bits per heavy atom. The highest BCUT2D eigenvalue weighted by Gasteiger charge is 2.06. The van der Waals surface area contributed by atoms with Crippen molar-refractivity contribution < 1.29 is 0 Å². The van der Waals surface area contributed by atoms with Gasteiger partial charge in [-0.1, -0.05) is 11.6 Å². The molecular formula is C11H14ClN3S2. The van der Waals surface area contributed by atoms with Crippen molar-refractivity contribution in [3.8, 4) is 0 Å². The molecule has 2 aromatic heterocycles. The van der Waals surface area contributed by atoms with E-state index in [1.54, 1.807) is 22.7 Å². The van der Waals surface area contributed by atoms with E-state index in [0.717, 1.165) is 28.1 Å². The van der Waals surface area contributed by atoms with Crippen LogP contribution < -0.4 is 5.73 Å². The molecule has 0 amide bonds. The van der Waals surface area contributed by atoms with Gasteiger partial charge in [0.25, 0.3) is 0 Å². The van der Waals surface area contributed by atoms with E-state index in [2.05, 4.69) is 28.4 Å². The second-order valence-corrected chi connectivity index (χ2v) is 6.56. The number of rotatable bonds is 5. The SMILES string of the molecule is CN(Cc1csc(CN)n1)Cc1ccc(Cl)s1. The Labute approximate surface area is 114 Å². The van der Waals surface area contributed by atoms with Crippen molar-refractivity contribution in [3.63, 3.8) is 0 Å². The summed E-state index contributed by atoms with van der Waals surface area (Å²) in [6.07, 6.45) is 0. The van der Waals surface area contributed by atoms with Crippen LogP contribution in [0.5, 0.6) is 0 Å². The van der Waals surface area contributed by atoms with Gasteiger partial charge in [0.2, 0.25) is 0 Å². The molecule has 0 bridgehead atoms. The van der Waals surface area contributed by atoms with Crippen molar-refractivity contribution in [3.05, 3.63) is 37.4 Å². The quantitative estimate of drug-likeness (QED) is 0.919. The van der Waals surface area contributed by atoms with Gasteiger partial charge in [-0.3, -0.25) is 4.90 Å². The molecule has 0 spiro atoms. The van der Waals surface area contributed by atoms with Crippen molar-refractivity contribution in [2.24, 2.45) is 5.73 Å². The van der Waals surface area contributed by atoms with Gasteiger partial charge < -0.3 is 5.73 Å². The number of hydrogen-bond acceptors (Lipinski definition) is 5. The van der Waals surface area contributed by atoms with Gasteiger partial charge in [-0.05, 0) is 19.2 Å². The van der Waals surface area contributed by atoms with Gasteiger partial charge in [-0.2, -0.15) is 0 Å². The van der Waals surface area contributed by atoms with Gasteiger partial charge in [-0.25, -0.2) is 4.98 Å². The van der Waals surface area contributed by atoms with Gasteiger partial charge in [0.1, 0.15) is 5.01 Å². The molecule has 0 saturated carbocycles. The molecule has 0 aliphatic rings. The largest absolute Gasteiger partial charge is 0.325 e. The third-order valence-corrected chi connectivity index (χ3v) is 4.40. The summed E-state index contributed by atoms with van der Waals surface area (Å²) in [6.45, 7) is 2.26. The summed E-state index contributed by atoms with van der Waals surface area (Å²) >= 11 is 9.14. The van der Waals surface area contributed by atoms with Crippen LogP contribution in [-0.2, 0) is 19.6 Å². The molecule has 0 fully saturated rings. The maximum Gasteiger partial charge on any atom is 0.106 e. The lowest BCUT2D eigenvalue weighted by molar-refractivity contribution is 0.318.